The summed E-state index contributed by atoms with van der Waals surface area (Å²) < 4.78 is 12.5. The van der Waals surface area contributed by atoms with Crippen LogP contribution in [0, 0.1) is 52.3 Å². The van der Waals surface area contributed by atoms with Gasteiger partial charge < -0.3 is 20.9 Å². The van der Waals surface area contributed by atoms with Crippen molar-refractivity contribution in [2.75, 3.05) is 11.5 Å². The van der Waals surface area contributed by atoms with Gasteiger partial charge in [-0.05, 0) is 176 Å². The molecule has 2 unspecified atom stereocenters. The molecular weight excluding hydrogens is 653 g/mol. The lowest BCUT2D eigenvalue weighted by Gasteiger charge is -2.61. The van der Waals surface area contributed by atoms with E-state index in [9.17, 15) is 4.79 Å². The average molecular weight is 717 g/mol. The average Bonchev–Trinajstić information content (AvgIpc) is 3.50. The minimum Gasteiger partial charge on any atom is -0.490 e. The Labute approximate surface area is 319 Å². The highest BCUT2D eigenvalue weighted by Crippen LogP contribution is 2.68. The largest absolute Gasteiger partial charge is 0.490 e. The molecule has 0 spiro atoms. The molecule has 0 heterocycles. The molecule has 0 amide bonds. The molecule has 9 atom stereocenters. The zero-order valence-corrected chi connectivity index (χ0v) is 33.0. The number of allylic oxidation sites excluding steroid dienone is 1. The number of hydrogen-bond donors (Lipinski definition) is 2. The summed E-state index contributed by atoms with van der Waals surface area (Å²) in [7, 11) is 0. The van der Waals surface area contributed by atoms with Crippen LogP contribution in [0.5, 0.6) is 17.2 Å². The number of carbonyl (C=O) groups is 1. The van der Waals surface area contributed by atoms with Gasteiger partial charge in [0.15, 0.2) is 5.78 Å². The Morgan fingerprint density at radius 1 is 0.811 bits per heavy atom. The van der Waals surface area contributed by atoms with Crippen molar-refractivity contribution >= 4 is 23.2 Å². The van der Waals surface area contributed by atoms with E-state index >= 15 is 0 Å². The standard InChI is InChI=1S/C48H64N2O3/c1-31(2)7-6-8-32(3)41-21-22-42-40-20-14-35-29-39(25-27-47(35,4)43(40)26-28-48(41,42)5)52-37-16-9-33(10-17-37)11-23-45(51)34-12-18-38(19-13-34)53-46-24-15-36(49)30-44(46)50/h9-13,15-19,23-24,30-32,35,39-43H,6-8,14,20-22,25-29,49-50H2,1-5H3/b23-11+/t32-,35?,39?,40+,41-,42+,43+,47+,48-/m1/s1. The maximum Gasteiger partial charge on any atom is 0.185 e. The summed E-state index contributed by atoms with van der Waals surface area (Å²) in [6.07, 6.45) is 20.3. The molecule has 0 radical (unpaired) electrons. The number of anilines is 2. The predicted molar refractivity (Wildman–Crippen MR) is 219 cm³/mol. The Morgan fingerprint density at radius 2 is 1.53 bits per heavy atom. The second-order valence-electron chi connectivity index (χ2n) is 18.4. The molecule has 7 rings (SSSR count). The molecule has 4 fully saturated rings. The summed E-state index contributed by atoms with van der Waals surface area (Å²) in [6.45, 7) is 12.7. The highest BCUT2D eigenvalue weighted by Gasteiger charge is 2.60. The van der Waals surface area contributed by atoms with Crippen LogP contribution in [-0.2, 0) is 0 Å². The molecule has 53 heavy (non-hydrogen) atoms. The Kier molecular flexibility index (Phi) is 11.0. The number of benzene rings is 3. The fraction of sp³-hybridized carbons (Fsp3) is 0.562. The van der Waals surface area contributed by atoms with Crippen LogP contribution >= 0.6 is 0 Å². The lowest BCUT2D eigenvalue weighted by atomic mass is 9.44. The first-order chi connectivity index (χ1) is 25.4. The first-order valence-corrected chi connectivity index (χ1v) is 20.8. The Morgan fingerprint density at radius 3 is 2.26 bits per heavy atom. The van der Waals surface area contributed by atoms with E-state index in [1.807, 2.05) is 18.2 Å². The van der Waals surface area contributed by atoms with E-state index in [0.717, 1.165) is 59.2 Å². The number of nitrogens with two attached hydrogens (primary N) is 2. The smallest absolute Gasteiger partial charge is 0.185 e. The third-order valence-corrected chi connectivity index (χ3v) is 14.8. The third-order valence-electron chi connectivity index (χ3n) is 14.8. The summed E-state index contributed by atoms with van der Waals surface area (Å²) >= 11 is 0. The van der Waals surface area contributed by atoms with Crippen molar-refractivity contribution in [2.45, 2.75) is 118 Å². The van der Waals surface area contributed by atoms with Crippen molar-refractivity contribution in [1.82, 2.24) is 0 Å². The molecule has 3 aromatic carbocycles. The van der Waals surface area contributed by atoms with Gasteiger partial charge in [-0.2, -0.15) is 0 Å². The van der Waals surface area contributed by atoms with E-state index in [2.05, 4.69) is 46.8 Å². The quantitative estimate of drug-likeness (QED) is 0.111. The summed E-state index contributed by atoms with van der Waals surface area (Å²) in [4.78, 5) is 12.9. The summed E-state index contributed by atoms with van der Waals surface area (Å²) in [5, 5.41) is 0. The Bertz CT molecular complexity index is 1750. The van der Waals surface area contributed by atoms with Gasteiger partial charge in [0.1, 0.15) is 17.2 Å². The molecule has 5 heteroatoms. The molecule has 3 aromatic rings. The lowest BCUT2D eigenvalue weighted by molar-refractivity contribution is -0.126. The molecule has 0 saturated heterocycles. The molecule has 4 N–H and O–H groups in total. The summed E-state index contributed by atoms with van der Waals surface area (Å²) in [5.41, 5.74) is 15.4. The molecule has 0 bridgehead atoms. The Hall–Kier alpha value is -3.73. The second kappa shape index (κ2) is 15.6. The highest BCUT2D eigenvalue weighted by atomic mass is 16.5. The topological polar surface area (TPSA) is 87.6 Å². The maximum atomic E-state index is 12.9. The molecule has 5 nitrogen and oxygen atoms in total. The van der Waals surface area contributed by atoms with Gasteiger partial charge in [-0.3, -0.25) is 4.79 Å². The molecule has 4 aliphatic rings. The lowest BCUT2D eigenvalue weighted by Crippen LogP contribution is -2.54. The van der Waals surface area contributed by atoms with E-state index in [4.69, 9.17) is 20.9 Å². The zero-order chi connectivity index (χ0) is 37.3. The van der Waals surface area contributed by atoms with E-state index in [1.165, 1.54) is 70.6 Å². The number of carbonyl (C=O) groups excluding carboxylic acids is 1. The van der Waals surface area contributed by atoms with Crippen molar-refractivity contribution in [3.8, 4) is 17.2 Å². The van der Waals surface area contributed by atoms with E-state index in [0.29, 0.717) is 39.3 Å². The summed E-state index contributed by atoms with van der Waals surface area (Å²) in [5.74, 6) is 8.16. The number of fused-ring (bicyclic) bond motifs is 5. The van der Waals surface area contributed by atoms with Crippen molar-refractivity contribution in [3.63, 3.8) is 0 Å². The SMILES string of the molecule is CC(C)CCC[C@@H](C)[C@H]1CC[C@H]2[C@@H]3CCC4CC(Oc5ccc(/C=C/C(=O)c6ccc(Oc7ccc(N)cc7N)cc6)cc5)CC[C@]4(C)[C@H]3CC[C@]12C. The van der Waals surface area contributed by atoms with Gasteiger partial charge in [-0.25, -0.2) is 0 Å². The fourth-order valence-corrected chi connectivity index (χ4v) is 11.9. The number of nitrogen functional groups attached to an aromatic ring is 2. The van der Waals surface area contributed by atoms with Crippen LogP contribution in [0.3, 0.4) is 0 Å². The monoisotopic (exact) mass is 716 g/mol. The van der Waals surface area contributed by atoms with E-state index < -0.39 is 0 Å². The number of ether oxygens (including phenoxy) is 2. The zero-order valence-electron chi connectivity index (χ0n) is 33.0. The molecule has 0 aromatic heterocycles. The van der Waals surface area contributed by atoms with Crippen LogP contribution in [0.1, 0.15) is 128 Å². The first kappa shape index (κ1) is 37.6. The van der Waals surface area contributed by atoms with Crippen LogP contribution in [-0.4, -0.2) is 11.9 Å². The highest BCUT2D eigenvalue weighted by molar-refractivity contribution is 6.06. The van der Waals surface area contributed by atoms with Crippen LogP contribution < -0.4 is 20.9 Å². The van der Waals surface area contributed by atoms with E-state index in [1.54, 1.807) is 48.5 Å². The third kappa shape index (κ3) is 7.91. The number of hydrogen-bond acceptors (Lipinski definition) is 5. The minimum absolute atomic E-state index is 0.0640. The fourth-order valence-electron chi connectivity index (χ4n) is 11.9. The van der Waals surface area contributed by atoms with Gasteiger partial charge in [-0.1, -0.05) is 72.1 Å². The minimum atomic E-state index is -0.0640. The normalized spacial score (nSPS) is 31.4. The van der Waals surface area contributed by atoms with Gasteiger partial charge in [-0.15, -0.1) is 0 Å². The molecular formula is C48H64N2O3. The summed E-state index contributed by atoms with van der Waals surface area (Å²) in [6, 6.07) is 20.4. The Balaban J connectivity index is 0.902. The van der Waals surface area contributed by atoms with Crippen molar-refractivity contribution in [3.05, 3.63) is 83.9 Å². The van der Waals surface area contributed by atoms with Crippen LogP contribution in [0.2, 0.25) is 0 Å². The van der Waals surface area contributed by atoms with E-state index in [-0.39, 0.29) is 11.9 Å². The van der Waals surface area contributed by atoms with Crippen molar-refractivity contribution in [2.24, 2.45) is 52.3 Å². The van der Waals surface area contributed by atoms with Crippen molar-refractivity contribution < 1.29 is 14.3 Å². The number of ketones is 1. The molecule has 4 aliphatic carbocycles. The van der Waals surface area contributed by atoms with Crippen LogP contribution in [0.15, 0.2) is 72.8 Å². The second-order valence-corrected chi connectivity index (χ2v) is 18.4. The maximum absolute atomic E-state index is 12.9. The molecule has 284 valence electrons. The van der Waals surface area contributed by atoms with Crippen molar-refractivity contribution in [1.29, 1.82) is 0 Å². The van der Waals surface area contributed by atoms with Crippen LogP contribution in [0.25, 0.3) is 6.08 Å². The van der Waals surface area contributed by atoms with Gasteiger partial charge >= 0.3 is 0 Å². The molecule has 4 saturated carbocycles. The van der Waals surface area contributed by atoms with Gasteiger partial charge in [0.2, 0.25) is 0 Å². The van der Waals surface area contributed by atoms with Gasteiger partial charge in [0.25, 0.3) is 0 Å². The van der Waals surface area contributed by atoms with Crippen LogP contribution in [0.4, 0.5) is 11.4 Å². The first-order valence-electron chi connectivity index (χ1n) is 20.8. The molecule has 0 aliphatic heterocycles. The predicted octanol–water partition coefficient (Wildman–Crippen LogP) is 12.4. The van der Waals surface area contributed by atoms with Gasteiger partial charge in [0.05, 0.1) is 11.8 Å². The van der Waals surface area contributed by atoms with Gasteiger partial charge in [0, 0.05) is 11.3 Å². The number of rotatable bonds is 12.